The number of carbonyl (C=O) groups excluding carboxylic acids is 2. The maximum Gasteiger partial charge on any atom is 0.270 e. The van der Waals surface area contributed by atoms with E-state index in [2.05, 4.69) is 15.8 Å². The van der Waals surface area contributed by atoms with E-state index in [1.807, 2.05) is 7.05 Å². The SMILES string of the molecule is CNC1CCN(C(=O)C2=NNC(=O)CC2)C1. The minimum atomic E-state index is -0.119. The van der Waals surface area contributed by atoms with Crippen LogP contribution in [0, 0.1) is 0 Å². The number of hydrogen-bond donors (Lipinski definition) is 2. The number of likely N-dealkylation sites (N-methyl/N-ethyl adjacent to an activating group) is 1. The molecule has 1 saturated heterocycles. The highest BCUT2D eigenvalue weighted by atomic mass is 16.2. The summed E-state index contributed by atoms with van der Waals surface area (Å²) >= 11 is 0. The van der Waals surface area contributed by atoms with E-state index in [9.17, 15) is 9.59 Å². The lowest BCUT2D eigenvalue weighted by Gasteiger charge is -2.19. The van der Waals surface area contributed by atoms with E-state index >= 15 is 0 Å². The first-order valence-electron chi connectivity index (χ1n) is 5.52. The number of nitrogens with zero attached hydrogens (tertiary/aromatic N) is 2. The molecule has 0 aromatic rings. The molecule has 2 N–H and O–H groups in total. The molecule has 16 heavy (non-hydrogen) atoms. The third-order valence-electron chi connectivity index (χ3n) is 3.04. The van der Waals surface area contributed by atoms with Crippen molar-refractivity contribution in [3.8, 4) is 0 Å². The van der Waals surface area contributed by atoms with Crippen LogP contribution in [0.4, 0.5) is 0 Å². The van der Waals surface area contributed by atoms with Gasteiger partial charge in [-0.05, 0) is 13.5 Å². The Balaban J connectivity index is 1.95. The molecule has 88 valence electrons. The van der Waals surface area contributed by atoms with E-state index in [0.717, 1.165) is 19.5 Å². The minimum Gasteiger partial charge on any atom is -0.336 e. The standard InChI is InChI=1S/C10H16N4O2/c1-11-7-4-5-14(6-7)10(16)8-2-3-9(15)13-12-8/h7,11H,2-6H2,1H3,(H,13,15). The van der Waals surface area contributed by atoms with Crippen LogP contribution < -0.4 is 10.7 Å². The summed E-state index contributed by atoms with van der Waals surface area (Å²) < 4.78 is 0. The highest BCUT2D eigenvalue weighted by Crippen LogP contribution is 2.11. The van der Waals surface area contributed by atoms with Crippen molar-refractivity contribution >= 4 is 17.5 Å². The molecular formula is C10H16N4O2. The number of hydrogen-bond acceptors (Lipinski definition) is 4. The zero-order chi connectivity index (χ0) is 11.5. The number of hydrazone groups is 1. The zero-order valence-electron chi connectivity index (χ0n) is 9.32. The number of likely N-dealkylation sites (tertiary alicyclic amines) is 1. The fraction of sp³-hybridized carbons (Fsp3) is 0.700. The fourth-order valence-corrected chi connectivity index (χ4v) is 1.99. The molecule has 0 aromatic carbocycles. The number of amides is 2. The van der Waals surface area contributed by atoms with Crippen molar-refractivity contribution in [3.63, 3.8) is 0 Å². The summed E-state index contributed by atoms with van der Waals surface area (Å²) in [4.78, 5) is 24.7. The van der Waals surface area contributed by atoms with Gasteiger partial charge in [-0.25, -0.2) is 5.43 Å². The minimum absolute atomic E-state index is 0.0437. The molecule has 0 aromatic heterocycles. The lowest BCUT2D eigenvalue weighted by Crippen LogP contribution is -2.40. The summed E-state index contributed by atoms with van der Waals surface area (Å²) in [6.45, 7) is 1.49. The molecule has 0 saturated carbocycles. The van der Waals surface area contributed by atoms with Crippen molar-refractivity contribution in [1.29, 1.82) is 0 Å². The van der Waals surface area contributed by atoms with Crippen molar-refractivity contribution in [3.05, 3.63) is 0 Å². The van der Waals surface area contributed by atoms with Crippen LogP contribution in [-0.4, -0.2) is 48.6 Å². The molecule has 0 aliphatic carbocycles. The van der Waals surface area contributed by atoms with E-state index in [4.69, 9.17) is 0 Å². The monoisotopic (exact) mass is 224 g/mol. The maximum absolute atomic E-state index is 12.0. The molecule has 0 bridgehead atoms. The first kappa shape index (κ1) is 11.1. The van der Waals surface area contributed by atoms with Gasteiger partial charge in [-0.15, -0.1) is 0 Å². The average Bonchev–Trinajstić information content (AvgIpc) is 2.77. The lowest BCUT2D eigenvalue weighted by molar-refractivity contribution is -0.123. The number of rotatable bonds is 2. The summed E-state index contributed by atoms with van der Waals surface area (Å²) in [7, 11) is 1.90. The van der Waals surface area contributed by atoms with Gasteiger partial charge in [0, 0.05) is 32.0 Å². The van der Waals surface area contributed by atoms with Gasteiger partial charge in [0.15, 0.2) is 0 Å². The highest BCUT2D eigenvalue weighted by Gasteiger charge is 2.29. The number of carbonyl (C=O) groups is 2. The van der Waals surface area contributed by atoms with Crippen LogP contribution in [0.3, 0.4) is 0 Å². The Kier molecular flexibility index (Phi) is 3.19. The molecule has 2 rings (SSSR count). The van der Waals surface area contributed by atoms with Gasteiger partial charge in [-0.1, -0.05) is 0 Å². The van der Waals surface area contributed by atoms with E-state index in [0.29, 0.717) is 24.6 Å². The second-order valence-corrected chi connectivity index (χ2v) is 4.12. The Morgan fingerprint density at radius 2 is 2.38 bits per heavy atom. The van der Waals surface area contributed by atoms with Crippen LogP contribution in [0.1, 0.15) is 19.3 Å². The Morgan fingerprint density at radius 1 is 1.56 bits per heavy atom. The molecule has 6 heteroatoms. The van der Waals surface area contributed by atoms with Gasteiger partial charge < -0.3 is 10.2 Å². The summed E-state index contributed by atoms with van der Waals surface area (Å²) in [5, 5.41) is 6.97. The van der Waals surface area contributed by atoms with Crippen LogP contribution >= 0.6 is 0 Å². The predicted octanol–water partition coefficient (Wildman–Crippen LogP) is -0.927. The molecule has 1 fully saturated rings. The first-order chi connectivity index (χ1) is 7.70. The van der Waals surface area contributed by atoms with Gasteiger partial charge in [-0.3, -0.25) is 9.59 Å². The van der Waals surface area contributed by atoms with Gasteiger partial charge in [0.05, 0.1) is 0 Å². The summed E-state index contributed by atoms with van der Waals surface area (Å²) in [6, 6.07) is 0.378. The van der Waals surface area contributed by atoms with Crippen molar-refractivity contribution in [2.45, 2.75) is 25.3 Å². The van der Waals surface area contributed by atoms with Crippen molar-refractivity contribution in [2.24, 2.45) is 5.10 Å². The summed E-state index contributed by atoms with van der Waals surface area (Å²) in [5.41, 5.74) is 2.82. The third-order valence-corrected chi connectivity index (χ3v) is 3.04. The Bertz CT molecular complexity index is 340. The topological polar surface area (TPSA) is 73.8 Å². The normalized spacial score (nSPS) is 25.3. The molecular weight excluding hydrogens is 208 g/mol. The third kappa shape index (κ3) is 2.21. The Hall–Kier alpha value is -1.43. The van der Waals surface area contributed by atoms with Gasteiger partial charge in [0.1, 0.15) is 5.71 Å². The molecule has 1 unspecified atom stereocenters. The van der Waals surface area contributed by atoms with Crippen molar-refractivity contribution < 1.29 is 9.59 Å². The van der Waals surface area contributed by atoms with Crippen LogP contribution in [-0.2, 0) is 9.59 Å². The molecule has 2 aliphatic rings. The summed E-state index contributed by atoms with van der Waals surface area (Å²) in [5.74, 6) is -0.163. The van der Waals surface area contributed by atoms with Crippen LogP contribution in [0.5, 0.6) is 0 Å². The quantitative estimate of drug-likeness (QED) is 0.636. The van der Waals surface area contributed by atoms with Crippen molar-refractivity contribution in [1.82, 2.24) is 15.6 Å². The van der Waals surface area contributed by atoms with Gasteiger partial charge in [-0.2, -0.15) is 5.10 Å². The van der Waals surface area contributed by atoms with Gasteiger partial charge in [0.25, 0.3) is 5.91 Å². The van der Waals surface area contributed by atoms with Gasteiger partial charge >= 0.3 is 0 Å². The first-order valence-corrected chi connectivity index (χ1v) is 5.52. The van der Waals surface area contributed by atoms with E-state index < -0.39 is 0 Å². The maximum atomic E-state index is 12.0. The van der Waals surface area contributed by atoms with E-state index in [-0.39, 0.29) is 11.8 Å². The smallest absolute Gasteiger partial charge is 0.270 e. The molecule has 2 amide bonds. The lowest BCUT2D eigenvalue weighted by atomic mass is 10.1. The molecule has 6 nitrogen and oxygen atoms in total. The van der Waals surface area contributed by atoms with Crippen LogP contribution in [0.2, 0.25) is 0 Å². The van der Waals surface area contributed by atoms with Gasteiger partial charge in [0.2, 0.25) is 5.91 Å². The average molecular weight is 224 g/mol. The molecule has 2 aliphatic heterocycles. The Morgan fingerprint density at radius 3 is 2.94 bits per heavy atom. The zero-order valence-corrected chi connectivity index (χ0v) is 9.32. The Labute approximate surface area is 94.1 Å². The number of nitrogens with one attached hydrogen (secondary N) is 2. The molecule has 0 spiro atoms. The molecule has 2 heterocycles. The highest BCUT2D eigenvalue weighted by molar-refractivity contribution is 6.39. The van der Waals surface area contributed by atoms with Crippen molar-refractivity contribution in [2.75, 3.05) is 20.1 Å². The van der Waals surface area contributed by atoms with E-state index in [1.54, 1.807) is 4.90 Å². The van der Waals surface area contributed by atoms with Crippen LogP contribution in [0.25, 0.3) is 0 Å². The predicted molar refractivity (Wildman–Crippen MR) is 58.9 cm³/mol. The largest absolute Gasteiger partial charge is 0.336 e. The summed E-state index contributed by atoms with van der Waals surface area (Å²) in [6.07, 6.45) is 1.78. The second kappa shape index (κ2) is 4.61. The fourth-order valence-electron chi connectivity index (χ4n) is 1.99. The van der Waals surface area contributed by atoms with E-state index in [1.165, 1.54) is 0 Å². The van der Waals surface area contributed by atoms with Crippen LogP contribution in [0.15, 0.2) is 5.10 Å². The second-order valence-electron chi connectivity index (χ2n) is 4.12. The molecule has 1 atom stereocenters. The molecule has 0 radical (unpaired) electrons.